The maximum atomic E-state index is 11.6. The van der Waals surface area contributed by atoms with E-state index in [1.807, 2.05) is 25.1 Å². The fraction of sp³-hybridized carbons (Fsp3) is 0.227. The summed E-state index contributed by atoms with van der Waals surface area (Å²) in [6.07, 6.45) is 2.16. The minimum absolute atomic E-state index is 0.101. The number of aromatic nitrogens is 2. The quantitative estimate of drug-likeness (QED) is 0.620. The summed E-state index contributed by atoms with van der Waals surface area (Å²) in [7, 11) is 3.18. The average Bonchev–Trinajstić information content (AvgIpc) is 2.74. The van der Waals surface area contributed by atoms with E-state index in [1.165, 1.54) is 0 Å². The molecular formula is C22H22N2O5. The van der Waals surface area contributed by atoms with Crippen molar-refractivity contribution in [1.29, 1.82) is 0 Å². The molecule has 3 aromatic rings. The molecule has 0 saturated carbocycles. The molecule has 0 aliphatic rings. The molecule has 0 aliphatic heterocycles. The minimum Gasteiger partial charge on any atom is -0.493 e. The van der Waals surface area contributed by atoms with E-state index in [0.717, 1.165) is 5.56 Å². The number of methoxy groups -OCH3 is 2. The predicted octanol–water partition coefficient (Wildman–Crippen LogP) is 3.85. The molecule has 29 heavy (non-hydrogen) atoms. The van der Waals surface area contributed by atoms with Gasteiger partial charge in [-0.1, -0.05) is 6.07 Å². The van der Waals surface area contributed by atoms with Crippen molar-refractivity contribution in [3.63, 3.8) is 0 Å². The highest BCUT2D eigenvalue weighted by molar-refractivity contribution is 5.92. The Kier molecular flexibility index (Phi) is 6.29. The number of aromatic carboxylic acids is 1. The van der Waals surface area contributed by atoms with Gasteiger partial charge in [-0.25, -0.2) is 14.8 Å². The molecule has 2 aromatic carbocycles. The van der Waals surface area contributed by atoms with Crippen molar-refractivity contribution < 1.29 is 24.1 Å². The van der Waals surface area contributed by atoms with Gasteiger partial charge in [-0.15, -0.1) is 0 Å². The first-order valence-electron chi connectivity index (χ1n) is 9.09. The number of carboxylic acid groups (broad SMARTS) is 1. The summed E-state index contributed by atoms with van der Waals surface area (Å²) in [5, 5.41) is 9.47. The molecule has 1 aromatic heterocycles. The standard InChI is InChI=1S/C22H22N2O5/c1-4-29-18-8-6-15(13-16(18)22(25)26)17-9-10-23-21(24-17)12-14-5-7-19(27-2)20(11-14)28-3/h5-11,13H,4,12H2,1-3H3,(H,25,26). The highest BCUT2D eigenvalue weighted by Crippen LogP contribution is 2.29. The largest absolute Gasteiger partial charge is 0.493 e. The Hall–Kier alpha value is -3.61. The normalized spacial score (nSPS) is 10.4. The van der Waals surface area contributed by atoms with Crippen molar-refractivity contribution in [3.8, 4) is 28.5 Å². The number of nitrogens with zero attached hydrogens (tertiary/aromatic N) is 2. The topological polar surface area (TPSA) is 90.8 Å². The van der Waals surface area contributed by atoms with Crippen LogP contribution < -0.4 is 14.2 Å². The van der Waals surface area contributed by atoms with E-state index in [0.29, 0.717) is 47.4 Å². The van der Waals surface area contributed by atoms with Crippen LogP contribution in [0, 0.1) is 0 Å². The Morgan fingerprint density at radius 1 is 1.00 bits per heavy atom. The van der Waals surface area contributed by atoms with Gasteiger partial charge in [0, 0.05) is 18.2 Å². The number of carboxylic acids is 1. The number of benzene rings is 2. The summed E-state index contributed by atoms with van der Waals surface area (Å²) in [6.45, 7) is 2.20. The van der Waals surface area contributed by atoms with E-state index < -0.39 is 5.97 Å². The molecule has 0 fully saturated rings. The second-order valence-corrected chi connectivity index (χ2v) is 6.17. The summed E-state index contributed by atoms with van der Waals surface area (Å²) in [5.41, 5.74) is 2.39. The van der Waals surface area contributed by atoms with E-state index in [2.05, 4.69) is 9.97 Å². The summed E-state index contributed by atoms with van der Waals surface area (Å²) < 4.78 is 16.0. The van der Waals surface area contributed by atoms with Crippen molar-refractivity contribution in [1.82, 2.24) is 9.97 Å². The summed E-state index contributed by atoms with van der Waals surface area (Å²) in [6, 6.07) is 12.4. The zero-order valence-corrected chi connectivity index (χ0v) is 16.5. The first kappa shape index (κ1) is 20.1. The second kappa shape index (κ2) is 9.05. The molecule has 0 amide bonds. The first-order valence-corrected chi connectivity index (χ1v) is 9.09. The third-order valence-electron chi connectivity index (χ3n) is 4.32. The minimum atomic E-state index is -1.05. The van der Waals surface area contributed by atoms with Gasteiger partial charge in [0.2, 0.25) is 0 Å². The molecule has 150 valence electrons. The van der Waals surface area contributed by atoms with Gasteiger partial charge < -0.3 is 19.3 Å². The van der Waals surface area contributed by atoms with Gasteiger partial charge in [-0.3, -0.25) is 0 Å². The summed E-state index contributed by atoms with van der Waals surface area (Å²) in [5.74, 6) is 1.19. The zero-order chi connectivity index (χ0) is 20.8. The van der Waals surface area contributed by atoms with E-state index in [-0.39, 0.29) is 5.56 Å². The summed E-state index contributed by atoms with van der Waals surface area (Å²) >= 11 is 0. The average molecular weight is 394 g/mol. The van der Waals surface area contributed by atoms with Gasteiger partial charge in [0.05, 0.1) is 26.5 Å². The van der Waals surface area contributed by atoms with Gasteiger partial charge in [-0.2, -0.15) is 0 Å². The molecule has 0 spiro atoms. The molecular weight excluding hydrogens is 372 g/mol. The second-order valence-electron chi connectivity index (χ2n) is 6.17. The van der Waals surface area contributed by atoms with Crippen LogP contribution in [0.1, 0.15) is 28.7 Å². The molecule has 0 atom stereocenters. The third kappa shape index (κ3) is 4.63. The molecule has 7 heteroatoms. The van der Waals surface area contributed by atoms with E-state index in [4.69, 9.17) is 14.2 Å². The summed E-state index contributed by atoms with van der Waals surface area (Å²) in [4.78, 5) is 20.5. The van der Waals surface area contributed by atoms with Crippen molar-refractivity contribution in [3.05, 3.63) is 65.6 Å². The lowest BCUT2D eigenvalue weighted by atomic mass is 10.1. The molecule has 0 unspecified atom stereocenters. The van der Waals surface area contributed by atoms with E-state index in [1.54, 1.807) is 44.7 Å². The van der Waals surface area contributed by atoms with Crippen LogP contribution in [0.3, 0.4) is 0 Å². The van der Waals surface area contributed by atoms with E-state index >= 15 is 0 Å². The van der Waals surface area contributed by atoms with Crippen molar-refractivity contribution in [2.75, 3.05) is 20.8 Å². The molecule has 1 N–H and O–H groups in total. The van der Waals surface area contributed by atoms with Crippen LogP contribution >= 0.6 is 0 Å². The molecule has 3 rings (SSSR count). The van der Waals surface area contributed by atoms with Crippen molar-refractivity contribution in [2.45, 2.75) is 13.3 Å². The number of hydrogen-bond acceptors (Lipinski definition) is 6. The van der Waals surface area contributed by atoms with Gasteiger partial charge in [0.15, 0.2) is 11.5 Å². The van der Waals surface area contributed by atoms with Crippen LogP contribution in [0.2, 0.25) is 0 Å². The van der Waals surface area contributed by atoms with Crippen LogP contribution in [-0.4, -0.2) is 41.9 Å². The maximum absolute atomic E-state index is 11.6. The predicted molar refractivity (Wildman–Crippen MR) is 108 cm³/mol. The van der Waals surface area contributed by atoms with E-state index in [9.17, 15) is 9.90 Å². The van der Waals surface area contributed by atoms with Crippen LogP contribution in [0.5, 0.6) is 17.2 Å². The lowest BCUT2D eigenvalue weighted by Gasteiger charge is -2.11. The maximum Gasteiger partial charge on any atom is 0.339 e. The molecule has 0 radical (unpaired) electrons. The zero-order valence-electron chi connectivity index (χ0n) is 16.5. The van der Waals surface area contributed by atoms with Gasteiger partial charge in [-0.05, 0) is 48.9 Å². The Bertz CT molecular complexity index is 1020. The Labute approximate surface area is 168 Å². The SMILES string of the molecule is CCOc1ccc(-c2ccnc(Cc3ccc(OC)c(OC)c3)n2)cc1C(=O)O. The number of hydrogen-bond donors (Lipinski definition) is 1. The van der Waals surface area contributed by atoms with Crippen LogP contribution in [0.4, 0.5) is 0 Å². The smallest absolute Gasteiger partial charge is 0.339 e. The Morgan fingerprint density at radius 2 is 1.76 bits per heavy atom. The highest BCUT2D eigenvalue weighted by atomic mass is 16.5. The van der Waals surface area contributed by atoms with Gasteiger partial charge in [0.25, 0.3) is 0 Å². The number of ether oxygens (including phenoxy) is 3. The lowest BCUT2D eigenvalue weighted by Crippen LogP contribution is -2.04. The fourth-order valence-corrected chi connectivity index (χ4v) is 2.96. The third-order valence-corrected chi connectivity index (χ3v) is 4.32. The van der Waals surface area contributed by atoms with Crippen LogP contribution in [0.15, 0.2) is 48.7 Å². The van der Waals surface area contributed by atoms with Gasteiger partial charge in [0.1, 0.15) is 17.1 Å². The number of rotatable bonds is 8. The van der Waals surface area contributed by atoms with Crippen molar-refractivity contribution >= 4 is 5.97 Å². The Balaban J connectivity index is 1.90. The van der Waals surface area contributed by atoms with Crippen molar-refractivity contribution in [2.24, 2.45) is 0 Å². The lowest BCUT2D eigenvalue weighted by molar-refractivity contribution is 0.0692. The molecule has 0 bridgehead atoms. The molecule has 1 heterocycles. The highest BCUT2D eigenvalue weighted by Gasteiger charge is 2.14. The van der Waals surface area contributed by atoms with Crippen LogP contribution in [0.25, 0.3) is 11.3 Å². The molecule has 7 nitrogen and oxygen atoms in total. The first-order chi connectivity index (χ1) is 14.0. The molecule has 0 aliphatic carbocycles. The molecule has 0 saturated heterocycles. The Morgan fingerprint density at radius 3 is 2.45 bits per heavy atom. The fourth-order valence-electron chi connectivity index (χ4n) is 2.96. The monoisotopic (exact) mass is 394 g/mol. The number of carbonyl (C=O) groups is 1. The van der Waals surface area contributed by atoms with Gasteiger partial charge >= 0.3 is 5.97 Å². The van der Waals surface area contributed by atoms with Crippen LogP contribution in [-0.2, 0) is 6.42 Å².